The molecule has 0 radical (unpaired) electrons. The van der Waals surface area contributed by atoms with Crippen LogP contribution in [0.4, 0.5) is 0 Å². The maximum absolute atomic E-state index is 11.6. The molecule has 0 saturated carbocycles. The van der Waals surface area contributed by atoms with Crippen molar-refractivity contribution in [1.82, 2.24) is 25.0 Å². The van der Waals surface area contributed by atoms with Gasteiger partial charge in [0.05, 0.1) is 13.2 Å². The highest BCUT2D eigenvalue weighted by molar-refractivity contribution is 9.10. The number of nitrogens with zero attached hydrogens (tertiary/aromatic N) is 5. The molecular formula is C10H9BrClN5O2. The summed E-state index contributed by atoms with van der Waals surface area (Å²) in [5.74, 6) is -0.520. The molecule has 0 aliphatic heterocycles. The van der Waals surface area contributed by atoms with E-state index >= 15 is 0 Å². The van der Waals surface area contributed by atoms with Gasteiger partial charge in [0, 0.05) is 18.0 Å². The number of rotatable bonds is 4. The van der Waals surface area contributed by atoms with Crippen LogP contribution in [0, 0.1) is 0 Å². The second-order valence-corrected chi connectivity index (χ2v) is 4.56. The average molecular weight is 347 g/mol. The van der Waals surface area contributed by atoms with Crippen LogP contribution in [0.25, 0.3) is 0 Å². The number of aromatic nitrogens is 5. The second-order valence-electron chi connectivity index (χ2n) is 3.47. The molecule has 9 heteroatoms. The predicted molar refractivity (Wildman–Crippen MR) is 69.8 cm³/mol. The van der Waals surface area contributed by atoms with Gasteiger partial charge in [-0.3, -0.25) is 0 Å². The zero-order chi connectivity index (χ0) is 13.8. The Kier molecular flexibility index (Phi) is 4.43. The first-order chi connectivity index (χ1) is 9.11. The molecule has 2 aromatic rings. The van der Waals surface area contributed by atoms with Gasteiger partial charge in [-0.2, -0.15) is 0 Å². The van der Waals surface area contributed by atoms with Crippen molar-refractivity contribution in [1.29, 1.82) is 0 Å². The molecule has 2 heterocycles. The van der Waals surface area contributed by atoms with Gasteiger partial charge in [-0.15, -0.1) is 5.10 Å². The summed E-state index contributed by atoms with van der Waals surface area (Å²) in [6.45, 7) is 2.37. The topological polar surface area (TPSA) is 82.8 Å². The molecule has 0 aromatic carbocycles. The van der Waals surface area contributed by atoms with Crippen molar-refractivity contribution in [3.63, 3.8) is 0 Å². The fourth-order valence-electron chi connectivity index (χ4n) is 1.32. The predicted octanol–water partition coefficient (Wildman–Crippen LogP) is 1.71. The Balaban J connectivity index is 2.18. The molecule has 0 bridgehead atoms. The number of hydrogen-bond acceptors (Lipinski definition) is 6. The zero-order valence-electron chi connectivity index (χ0n) is 9.88. The van der Waals surface area contributed by atoms with Gasteiger partial charge in [-0.05, 0) is 34.5 Å². The molecule has 0 atom stereocenters. The van der Waals surface area contributed by atoms with Crippen molar-refractivity contribution >= 4 is 33.5 Å². The van der Waals surface area contributed by atoms with Crippen molar-refractivity contribution in [2.75, 3.05) is 6.61 Å². The fourth-order valence-corrected chi connectivity index (χ4v) is 1.86. The highest BCUT2D eigenvalue weighted by Crippen LogP contribution is 2.16. The maximum atomic E-state index is 11.6. The SMILES string of the molecule is CCOC(=O)c1nnn(Cc2cnc(Cl)nc2)c1Br. The van der Waals surface area contributed by atoms with Crippen LogP contribution >= 0.6 is 27.5 Å². The third kappa shape index (κ3) is 3.27. The molecule has 19 heavy (non-hydrogen) atoms. The Morgan fingerprint density at radius 1 is 1.47 bits per heavy atom. The molecule has 0 spiro atoms. The quantitative estimate of drug-likeness (QED) is 0.619. The molecule has 0 amide bonds. The van der Waals surface area contributed by atoms with Gasteiger partial charge in [0.15, 0.2) is 0 Å². The van der Waals surface area contributed by atoms with Crippen LogP contribution in [0.5, 0.6) is 0 Å². The highest BCUT2D eigenvalue weighted by atomic mass is 79.9. The van der Waals surface area contributed by atoms with Crippen LogP contribution in [0.2, 0.25) is 5.28 Å². The van der Waals surface area contributed by atoms with Crippen LogP contribution in [0.3, 0.4) is 0 Å². The molecule has 7 nitrogen and oxygen atoms in total. The number of carbonyl (C=O) groups is 1. The Morgan fingerprint density at radius 2 is 2.16 bits per heavy atom. The maximum Gasteiger partial charge on any atom is 0.361 e. The van der Waals surface area contributed by atoms with Gasteiger partial charge >= 0.3 is 5.97 Å². The Morgan fingerprint density at radius 3 is 2.79 bits per heavy atom. The van der Waals surface area contributed by atoms with Crippen LogP contribution < -0.4 is 0 Å². The van der Waals surface area contributed by atoms with E-state index in [-0.39, 0.29) is 17.6 Å². The summed E-state index contributed by atoms with van der Waals surface area (Å²) < 4.78 is 6.81. The van der Waals surface area contributed by atoms with E-state index in [2.05, 4.69) is 36.2 Å². The largest absolute Gasteiger partial charge is 0.461 e. The molecule has 0 aliphatic carbocycles. The second kappa shape index (κ2) is 6.07. The van der Waals surface area contributed by atoms with Gasteiger partial charge in [0.2, 0.25) is 11.0 Å². The van der Waals surface area contributed by atoms with Gasteiger partial charge in [-0.25, -0.2) is 19.4 Å². The molecule has 0 unspecified atom stereocenters. The summed E-state index contributed by atoms with van der Waals surface area (Å²) >= 11 is 8.86. The Bertz CT molecular complexity index is 586. The molecule has 2 aromatic heterocycles. The molecule has 100 valence electrons. The minimum atomic E-state index is -0.520. The van der Waals surface area contributed by atoms with Gasteiger partial charge in [0.25, 0.3) is 0 Å². The third-order valence-corrected chi connectivity index (χ3v) is 3.13. The fraction of sp³-hybridized carbons (Fsp3) is 0.300. The van der Waals surface area contributed by atoms with Crippen molar-refractivity contribution < 1.29 is 9.53 Å². The lowest BCUT2D eigenvalue weighted by molar-refractivity contribution is 0.0518. The average Bonchev–Trinajstić information content (AvgIpc) is 2.74. The lowest BCUT2D eigenvalue weighted by Crippen LogP contribution is -2.07. The number of carbonyl (C=O) groups excluding carboxylic acids is 1. The zero-order valence-corrected chi connectivity index (χ0v) is 12.2. The number of ether oxygens (including phenoxy) is 1. The van der Waals surface area contributed by atoms with Crippen molar-refractivity contribution in [3.8, 4) is 0 Å². The van der Waals surface area contributed by atoms with E-state index < -0.39 is 5.97 Å². The standard InChI is InChI=1S/C10H9BrClN5O2/c1-2-19-9(18)7-8(11)17(16-15-7)5-6-3-13-10(12)14-4-6/h3-4H,2,5H2,1H3. The van der Waals surface area contributed by atoms with Gasteiger partial charge in [-0.1, -0.05) is 5.21 Å². The molecule has 0 saturated heterocycles. The minimum Gasteiger partial charge on any atom is -0.461 e. The van der Waals surface area contributed by atoms with E-state index in [9.17, 15) is 4.79 Å². The minimum absolute atomic E-state index is 0.136. The van der Waals surface area contributed by atoms with E-state index in [1.165, 1.54) is 4.68 Å². The monoisotopic (exact) mass is 345 g/mol. The van der Waals surface area contributed by atoms with E-state index in [1.54, 1.807) is 19.3 Å². The number of halogens is 2. The summed E-state index contributed by atoms with van der Waals surface area (Å²) in [6, 6.07) is 0. The van der Waals surface area contributed by atoms with Crippen LogP contribution in [0.15, 0.2) is 17.0 Å². The smallest absolute Gasteiger partial charge is 0.361 e. The molecule has 0 aliphatic rings. The van der Waals surface area contributed by atoms with Crippen LogP contribution in [-0.4, -0.2) is 37.5 Å². The van der Waals surface area contributed by atoms with Gasteiger partial charge in [0.1, 0.15) is 4.60 Å². The third-order valence-electron chi connectivity index (χ3n) is 2.15. The lowest BCUT2D eigenvalue weighted by atomic mass is 10.3. The van der Waals surface area contributed by atoms with E-state index in [1.807, 2.05) is 0 Å². The first-order valence-electron chi connectivity index (χ1n) is 5.34. The first kappa shape index (κ1) is 13.9. The summed E-state index contributed by atoms with van der Waals surface area (Å²) in [5.41, 5.74) is 0.919. The number of hydrogen-bond donors (Lipinski definition) is 0. The van der Waals surface area contributed by atoms with Crippen LogP contribution in [-0.2, 0) is 11.3 Å². The Hall–Kier alpha value is -1.54. The first-order valence-corrected chi connectivity index (χ1v) is 6.51. The lowest BCUT2D eigenvalue weighted by Gasteiger charge is -2.02. The van der Waals surface area contributed by atoms with Crippen molar-refractivity contribution in [2.45, 2.75) is 13.5 Å². The van der Waals surface area contributed by atoms with Crippen LogP contribution in [0.1, 0.15) is 23.0 Å². The van der Waals surface area contributed by atoms with Gasteiger partial charge < -0.3 is 4.74 Å². The molecule has 0 N–H and O–H groups in total. The number of esters is 1. The normalized spacial score (nSPS) is 10.5. The van der Waals surface area contributed by atoms with Crippen molar-refractivity contribution in [3.05, 3.63) is 33.5 Å². The molecule has 2 rings (SSSR count). The van der Waals surface area contributed by atoms with Crippen molar-refractivity contribution in [2.24, 2.45) is 0 Å². The molecule has 0 fully saturated rings. The summed E-state index contributed by atoms with van der Waals surface area (Å²) in [7, 11) is 0. The molecular weight excluding hydrogens is 338 g/mol. The van der Waals surface area contributed by atoms with E-state index in [4.69, 9.17) is 16.3 Å². The Labute approximate surface area is 122 Å². The van der Waals surface area contributed by atoms with E-state index in [0.29, 0.717) is 11.1 Å². The summed E-state index contributed by atoms with van der Waals surface area (Å²) in [5, 5.41) is 7.81. The van der Waals surface area contributed by atoms with E-state index in [0.717, 1.165) is 5.56 Å². The summed E-state index contributed by atoms with van der Waals surface area (Å²) in [4.78, 5) is 19.3. The highest BCUT2D eigenvalue weighted by Gasteiger charge is 2.18. The summed E-state index contributed by atoms with van der Waals surface area (Å²) in [6.07, 6.45) is 3.15.